The number of benzene rings is 1. The van der Waals surface area contributed by atoms with Gasteiger partial charge >= 0.3 is 0 Å². The maximum Gasteiger partial charge on any atom is 0.225 e. The van der Waals surface area contributed by atoms with Crippen molar-refractivity contribution in [3.05, 3.63) is 29.3 Å². The molecule has 1 heterocycles. The summed E-state index contributed by atoms with van der Waals surface area (Å²) in [7, 11) is 0. The molecular formula is C13H17F2N3O. The molecule has 1 aliphatic rings. The highest BCUT2D eigenvalue weighted by atomic mass is 19.2. The second kappa shape index (κ2) is 4.77. The van der Waals surface area contributed by atoms with Gasteiger partial charge in [-0.3, -0.25) is 4.79 Å². The number of carbonyl (C=O) groups is 1. The minimum atomic E-state index is -0.923. The molecule has 1 aliphatic heterocycles. The molecule has 0 spiro atoms. The molecule has 19 heavy (non-hydrogen) atoms. The predicted molar refractivity (Wildman–Crippen MR) is 68.4 cm³/mol. The van der Waals surface area contributed by atoms with Gasteiger partial charge in [-0.25, -0.2) is 8.78 Å². The molecule has 0 saturated carbocycles. The van der Waals surface area contributed by atoms with Gasteiger partial charge in [0.1, 0.15) is 0 Å². The fourth-order valence-corrected chi connectivity index (χ4v) is 2.35. The SMILES string of the molecule is CC1(C(N)=O)CCN(c2ccc(CN)c(F)c2F)C1. The fourth-order valence-electron chi connectivity index (χ4n) is 2.35. The predicted octanol–water partition coefficient (Wildman–Crippen LogP) is 1.13. The molecule has 6 heteroatoms. The van der Waals surface area contributed by atoms with E-state index in [9.17, 15) is 13.6 Å². The lowest BCUT2D eigenvalue weighted by atomic mass is 9.89. The summed E-state index contributed by atoms with van der Waals surface area (Å²) in [6.07, 6.45) is 0.530. The number of rotatable bonds is 3. The van der Waals surface area contributed by atoms with Gasteiger partial charge in [-0.1, -0.05) is 6.07 Å². The summed E-state index contributed by atoms with van der Waals surface area (Å²) in [6.45, 7) is 2.44. The van der Waals surface area contributed by atoms with E-state index in [1.54, 1.807) is 11.8 Å². The first-order valence-electron chi connectivity index (χ1n) is 6.11. The number of anilines is 1. The summed E-state index contributed by atoms with van der Waals surface area (Å²) >= 11 is 0. The lowest BCUT2D eigenvalue weighted by Gasteiger charge is -2.23. The highest BCUT2D eigenvalue weighted by Crippen LogP contribution is 2.35. The second-order valence-corrected chi connectivity index (χ2v) is 5.17. The van der Waals surface area contributed by atoms with Gasteiger partial charge in [0.2, 0.25) is 5.91 Å². The molecule has 104 valence electrons. The van der Waals surface area contributed by atoms with E-state index in [0.29, 0.717) is 19.5 Å². The Labute approximate surface area is 110 Å². The minimum absolute atomic E-state index is 0.0535. The average molecular weight is 269 g/mol. The van der Waals surface area contributed by atoms with Crippen molar-refractivity contribution in [1.82, 2.24) is 0 Å². The first-order valence-corrected chi connectivity index (χ1v) is 6.11. The molecule has 1 atom stereocenters. The number of hydrogen-bond donors (Lipinski definition) is 2. The van der Waals surface area contributed by atoms with Gasteiger partial charge in [0, 0.05) is 25.2 Å². The zero-order chi connectivity index (χ0) is 14.2. The van der Waals surface area contributed by atoms with E-state index in [1.165, 1.54) is 12.1 Å². The van der Waals surface area contributed by atoms with Crippen molar-refractivity contribution in [2.24, 2.45) is 16.9 Å². The molecule has 0 aromatic heterocycles. The number of nitrogens with zero attached hydrogens (tertiary/aromatic N) is 1. The van der Waals surface area contributed by atoms with Crippen molar-refractivity contribution in [3.63, 3.8) is 0 Å². The third-order valence-electron chi connectivity index (χ3n) is 3.77. The minimum Gasteiger partial charge on any atom is -0.369 e. The van der Waals surface area contributed by atoms with E-state index in [1.807, 2.05) is 0 Å². The van der Waals surface area contributed by atoms with Crippen LogP contribution in [0.15, 0.2) is 12.1 Å². The Hall–Kier alpha value is -1.69. The van der Waals surface area contributed by atoms with Crippen molar-refractivity contribution in [2.75, 3.05) is 18.0 Å². The van der Waals surface area contributed by atoms with Crippen LogP contribution in [-0.4, -0.2) is 19.0 Å². The van der Waals surface area contributed by atoms with Crippen LogP contribution in [0.25, 0.3) is 0 Å². The Bertz CT molecular complexity index is 521. The van der Waals surface area contributed by atoms with Crippen LogP contribution in [0.2, 0.25) is 0 Å². The molecule has 1 amide bonds. The highest BCUT2D eigenvalue weighted by molar-refractivity contribution is 5.82. The van der Waals surface area contributed by atoms with E-state index in [2.05, 4.69) is 0 Å². The van der Waals surface area contributed by atoms with Crippen molar-refractivity contribution >= 4 is 11.6 Å². The fraction of sp³-hybridized carbons (Fsp3) is 0.462. The molecule has 1 aromatic carbocycles. The quantitative estimate of drug-likeness (QED) is 0.864. The molecule has 1 fully saturated rings. The smallest absolute Gasteiger partial charge is 0.225 e. The zero-order valence-corrected chi connectivity index (χ0v) is 10.7. The monoisotopic (exact) mass is 269 g/mol. The van der Waals surface area contributed by atoms with Crippen molar-refractivity contribution in [3.8, 4) is 0 Å². The molecule has 2 rings (SSSR count). The van der Waals surface area contributed by atoms with Crippen LogP contribution in [0, 0.1) is 17.0 Å². The highest BCUT2D eigenvalue weighted by Gasteiger charge is 2.39. The maximum atomic E-state index is 14.0. The van der Waals surface area contributed by atoms with Gasteiger partial charge in [0.25, 0.3) is 0 Å². The van der Waals surface area contributed by atoms with E-state index < -0.39 is 23.0 Å². The second-order valence-electron chi connectivity index (χ2n) is 5.17. The van der Waals surface area contributed by atoms with Crippen LogP contribution >= 0.6 is 0 Å². The first kappa shape index (κ1) is 13.7. The Morgan fingerprint density at radius 3 is 2.63 bits per heavy atom. The van der Waals surface area contributed by atoms with E-state index in [4.69, 9.17) is 11.5 Å². The normalized spacial score (nSPS) is 22.8. The topological polar surface area (TPSA) is 72.4 Å². The molecule has 1 unspecified atom stereocenters. The number of carbonyl (C=O) groups excluding carboxylic acids is 1. The molecule has 4 nitrogen and oxygen atoms in total. The van der Waals surface area contributed by atoms with Crippen LogP contribution in [0.1, 0.15) is 18.9 Å². The lowest BCUT2D eigenvalue weighted by Crippen LogP contribution is -2.37. The summed E-state index contributed by atoms with van der Waals surface area (Å²) in [4.78, 5) is 13.0. The first-order chi connectivity index (χ1) is 8.89. The van der Waals surface area contributed by atoms with Gasteiger partial charge in [-0.2, -0.15) is 0 Å². The van der Waals surface area contributed by atoms with Gasteiger partial charge in [0.05, 0.1) is 11.1 Å². The third kappa shape index (κ3) is 2.28. The molecule has 0 aliphatic carbocycles. The van der Waals surface area contributed by atoms with Crippen molar-refractivity contribution < 1.29 is 13.6 Å². The lowest BCUT2D eigenvalue weighted by molar-refractivity contribution is -0.125. The molecule has 1 saturated heterocycles. The summed E-state index contributed by atoms with van der Waals surface area (Å²) < 4.78 is 27.7. The standard InChI is InChI=1S/C13H17F2N3O/c1-13(12(17)19)4-5-18(7-13)9-3-2-8(6-16)10(14)11(9)15/h2-3H,4-7,16H2,1H3,(H2,17,19). The maximum absolute atomic E-state index is 14.0. The number of amides is 1. The average Bonchev–Trinajstić information content (AvgIpc) is 2.76. The van der Waals surface area contributed by atoms with Gasteiger partial charge < -0.3 is 16.4 Å². The van der Waals surface area contributed by atoms with Gasteiger partial charge in [0.15, 0.2) is 11.6 Å². The molecule has 1 aromatic rings. The van der Waals surface area contributed by atoms with Crippen LogP contribution in [0.4, 0.5) is 14.5 Å². The Morgan fingerprint density at radius 2 is 2.11 bits per heavy atom. The van der Waals surface area contributed by atoms with Crippen LogP contribution in [0.5, 0.6) is 0 Å². The van der Waals surface area contributed by atoms with E-state index in [-0.39, 0.29) is 17.8 Å². The Kier molecular flexibility index (Phi) is 3.45. The number of hydrogen-bond acceptors (Lipinski definition) is 3. The molecule has 0 bridgehead atoms. The molecular weight excluding hydrogens is 252 g/mol. The van der Waals surface area contributed by atoms with Crippen LogP contribution in [0.3, 0.4) is 0 Å². The summed E-state index contributed by atoms with van der Waals surface area (Å²) in [5.74, 6) is -2.26. The number of nitrogens with two attached hydrogens (primary N) is 2. The Balaban J connectivity index is 2.30. The van der Waals surface area contributed by atoms with Crippen molar-refractivity contribution in [2.45, 2.75) is 19.9 Å². The zero-order valence-electron chi connectivity index (χ0n) is 10.7. The largest absolute Gasteiger partial charge is 0.369 e. The van der Waals surface area contributed by atoms with E-state index >= 15 is 0 Å². The van der Waals surface area contributed by atoms with E-state index in [0.717, 1.165) is 0 Å². The Morgan fingerprint density at radius 1 is 1.42 bits per heavy atom. The molecule has 4 N–H and O–H groups in total. The third-order valence-corrected chi connectivity index (χ3v) is 3.77. The van der Waals surface area contributed by atoms with Crippen LogP contribution in [-0.2, 0) is 11.3 Å². The number of halogens is 2. The van der Waals surface area contributed by atoms with Crippen molar-refractivity contribution in [1.29, 1.82) is 0 Å². The van der Waals surface area contributed by atoms with Gasteiger partial charge in [-0.15, -0.1) is 0 Å². The number of primary amides is 1. The summed E-state index contributed by atoms with van der Waals surface area (Å²) in [5, 5.41) is 0. The summed E-state index contributed by atoms with van der Waals surface area (Å²) in [6, 6.07) is 2.96. The van der Waals surface area contributed by atoms with Crippen LogP contribution < -0.4 is 16.4 Å². The van der Waals surface area contributed by atoms with Gasteiger partial charge in [-0.05, 0) is 19.4 Å². The summed E-state index contributed by atoms with van der Waals surface area (Å²) in [5.41, 5.74) is 10.3. The molecule has 0 radical (unpaired) electrons.